The second-order valence-corrected chi connectivity index (χ2v) is 5.64. The molecule has 3 rings (SSSR count). The number of rotatable bonds is 6. The molecule has 0 spiro atoms. The van der Waals surface area contributed by atoms with Gasteiger partial charge in [0.05, 0.1) is 12.6 Å². The zero-order valence-corrected chi connectivity index (χ0v) is 15.3. The van der Waals surface area contributed by atoms with Crippen molar-refractivity contribution in [3.8, 4) is 0 Å². The van der Waals surface area contributed by atoms with Crippen LogP contribution in [0.15, 0.2) is 36.9 Å². The minimum atomic E-state index is -0.383. The van der Waals surface area contributed by atoms with E-state index in [0.717, 1.165) is 24.0 Å². The fourth-order valence-electron chi connectivity index (χ4n) is 2.74. The van der Waals surface area contributed by atoms with Gasteiger partial charge in [-0.05, 0) is 24.0 Å². The van der Waals surface area contributed by atoms with Gasteiger partial charge in [-0.25, -0.2) is 9.67 Å². The molecule has 9 heteroatoms. The number of benzene rings is 1. The van der Waals surface area contributed by atoms with Gasteiger partial charge in [-0.15, -0.1) is 24.8 Å². The van der Waals surface area contributed by atoms with Crippen LogP contribution in [0.5, 0.6) is 0 Å². The second-order valence-electron chi connectivity index (χ2n) is 5.64. The Morgan fingerprint density at radius 3 is 2.68 bits per heavy atom. The lowest BCUT2D eigenvalue weighted by Crippen LogP contribution is -2.35. The molecule has 0 bridgehead atoms. The van der Waals surface area contributed by atoms with Gasteiger partial charge in [-0.2, -0.15) is 5.10 Å². The lowest BCUT2D eigenvalue weighted by atomic mass is 10.1. The van der Waals surface area contributed by atoms with E-state index in [1.54, 1.807) is 11.0 Å². The molecule has 3 N–H and O–H groups in total. The molecule has 0 unspecified atom stereocenters. The quantitative estimate of drug-likeness (QED) is 0.778. The Kier molecular flexibility index (Phi) is 8.85. The predicted octanol–water partition coefficient (Wildman–Crippen LogP) is 1.29. The molecule has 0 aliphatic carbocycles. The summed E-state index contributed by atoms with van der Waals surface area (Å²) < 4.78 is 7.37. The van der Waals surface area contributed by atoms with Crippen molar-refractivity contribution in [2.24, 2.45) is 5.73 Å². The summed E-state index contributed by atoms with van der Waals surface area (Å²) >= 11 is 0. The SMILES string of the molecule is Cl.Cl.NC[C@H]1CC[C@@H](C(=O)NCc2ccccc2Cn2cncn2)O1. The average Bonchev–Trinajstić information content (AvgIpc) is 3.25. The lowest BCUT2D eigenvalue weighted by molar-refractivity contribution is -0.132. The highest BCUT2D eigenvalue weighted by molar-refractivity contribution is 5.85. The molecule has 138 valence electrons. The number of nitrogens with two attached hydrogens (primary N) is 1. The van der Waals surface area contributed by atoms with Gasteiger partial charge in [0, 0.05) is 13.1 Å². The minimum absolute atomic E-state index is 0. The first-order valence-electron chi connectivity index (χ1n) is 7.78. The molecule has 1 fully saturated rings. The Hall–Kier alpha value is -1.67. The molecule has 1 aliphatic heterocycles. The second kappa shape index (κ2) is 10.4. The Bertz CT molecular complexity index is 654. The largest absolute Gasteiger partial charge is 0.364 e. The van der Waals surface area contributed by atoms with Crippen molar-refractivity contribution in [3.63, 3.8) is 0 Å². The zero-order chi connectivity index (χ0) is 16.1. The molecule has 2 aromatic rings. The highest BCUT2D eigenvalue weighted by Crippen LogP contribution is 2.19. The third-order valence-corrected chi connectivity index (χ3v) is 4.03. The fourth-order valence-corrected chi connectivity index (χ4v) is 2.74. The first kappa shape index (κ1) is 21.4. The van der Waals surface area contributed by atoms with Crippen LogP contribution in [0.3, 0.4) is 0 Å². The van der Waals surface area contributed by atoms with E-state index in [0.29, 0.717) is 19.6 Å². The summed E-state index contributed by atoms with van der Waals surface area (Å²) in [6.45, 7) is 1.56. The van der Waals surface area contributed by atoms with Crippen LogP contribution in [0, 0.1) is 0 Å². The van der Waals surface area contributed by atoms with Gasteiger partial charge in [-0.3, -0.25) is 4.79 Å². The maximum absolute atomic E-state index is 12.2. The van der Waals surface area contributed by atoms with Crippen LogP contribution >= 0.6 is 24.8 Å². The normalized spacial score (nSPS) is 18.9. The maximum atomic E-state index is 12.2. The molecule has 25 heavy (non-hydrogen) atoms. The topological polar surface area (TPSA) is 95.1 Å². The highest BCUT2D eigenvalue weighted by atomic mass is 35.5. The number of hydrogen-bond donors (Lipinski definition) is 2. The Labute approximate surface area is 159 Å². The molecular formula is C16H23Cl2N5O2. The van der Waals surface area contributed by atoms with E-state index >= 15 is 0 Å². The van der Waals surface area contributed by atoms with Crippen LogP contribution < -0.4 is 11.1 Å². The van der Waals surface area contributed by atoms with Gasteiger partial charge in [0.2, 0.25) is 5.91 Å². The Morgan fingerprint density at radius 2 is 2.04 bits per heavy atom. The third-order valence-electron chi connectivity index (χ3n) is 4.03. The van der Waals surface area contributed by atoms with Gasteiger partial charge in [0.15, 0.2) is 0 Å². The summed E-state index contributed by atoms with van der Waals surface area (Å²) in [7, 11) is 0. The monoisotopic (exact) mass is 387 g/mol. The summed E-state index contributed by atoms with van der Waals surface area (Å²) in [5.41, 5.74) is 7.74. The van der Waals surface area contributed by atoms with Gasteiger partial charge >= 0.3 is 0 Å². The van der Waals surface area contributed by atoms with Crippen molar-refractivity contribution in [2.75, 3.05) is 6.54 Å². The molecule has 0 radical (unpaired) electrons. The summed E-state index contributed by atoms with van der Waals surface area (Å²) in [6.07, 6.45) is 4.38. The first-order valence-corrected chi connectivity index (χ1v) is 7.78. The van der Waals surface area contributed by atoms with Crippen LogP contribution in [-0.2, 0) is 22.6 Å². The number of aromatic nitrogens is 3. The van der Waals surface area contributed by atoms with Crippen LogP contribution in [0.1, 0.15) is 24.0 Å². The molecule has 2 heterocycles. The number of hydrogen-bond acceptors (Lipinski definition) is 5. The van der Waals surface area contributed by atoms with Crippen molar-refractivity contribution >= 4 is 30.7 Å². The van der Waals surface area contributed by atoms with E-state index < -0.39 is 0 Å². The van der Waals surface area contributed by atoms with Crippen LogP contribution in [-0.4, -0.2) is 39.4 Å². The van der Waals surface area contributed by atoms with E-state index in [-0.39, 0.29) is 42.9 Å². The summed E-state index contributed by atoms with van der Waals surface area (Å²) in [6, 6.07) is 7.97. The number of carbonyl (C=O) groups is 1. The standard InChI is InChI=1S/C16H21N5O2.2ClH/c17-7-14-5-6-15(23-14)16(22)19-8-12-3-1-2-4-13(12)9-21-11-18-10-20-21;;/h1-4,10-11,14-15H,5-9,17H2,(H,19,22);2*1H/t14-,15+;;/m1../s1. The number of nitrogens with one attached hydrogen (secondary N) is 1. The molecule has 2 atom stereocenters. The van der Waals surface area contributed by atoms with Gasteiger partial charge < -0.3 is 15.8 Å². The summed E-state index contributed by atoms with van der Waals surface area (Å²) in [5, 5.41) is 7.07. The van der Waals surface area contributed by atoms with Crippen LogP contribution in [0.25, 0.3) is 0 Å². The Morgan fingerprint density at radius 1 is 1.28 bits per heavy atom. The Balaban J connectivity index is 0.00000156. The zero-order valence-electron chi connectivity index (χ0n) is 13.7. The fraction of sp³-hybridized carbons (Fsp3) is 0.438. The number of ether oxygens (including phenoxy) is 1. The van der Waals surface area contributed by atoms with E-state index in [1.807, 2.05) is 24.3 Å². The molecule has 1 amide bonds. The summed E-state index contributed by atoms with van der Waals surface area (Å²) in [4.78, 5) is 16.1. The predicted molar refractivity (Wildman–Crippen MR) is 98.9 cm³/mol. The lowest BCUT2D eigenvalue weighted by Gasteiger charge is -2.14. The van der Waals surface area contributed by atoms with E-state index in [2.05, 4.69) is 15.4 Å². The minimum Gasteiger partial charge on any atom is -0.364 e. The van der Waals surface area contributed by atoms with Crippen molar-refractivity contribution in [1.82, 2.24) is 20.1 Å². The van der Waals surface area contributed by atoms with Crippen LogP contribution in [0.4, 0.5) is 0 Å². The number of halogens is 2. The molecule has 7 nitrogen and oxygen atoms in total. The van der Waals surface area contributed by atoms with Gasteiger partial charge in [0.1, 0.15) is 18.8 Å². The average molecular weight is 388 g/mol. The molecule has 1 aromatic carbocycles. The smallest absolute Gasteiger partial charge is 0.249 e. The van der Waals surface area contributed by atoms with E-state index in [4.69, 9.17) is 10.5 Å². The molecular weight excluding hydrogens is 365 g/mol. The number of carbonyl (C=O) groups excluding carboxylic acids is 1. The highest BCUT2D eigenvalue weighted by Gasteiger charge is 2.29. The van der Waals surface area contributed by atoms with Gasteiger partial charge in [-0.1, -0.05) is 24.3 Å². The number of amides is 1. The van der Waals surface area contributed by atoms with Crippen molar-refractivity contribution in [1.29, 1.82) is 0 Å². The van der Waals surface area contributed by atoms with E-state index in [1.165, 1.54) is 6.33 Å². The molecule has 1 saturated heterocycles. The van der Waals surface area contributed by atoms with Crippen molar-refractivity contribution in [3.05, 3.63) is 48.0 Å². The van der Waals surface area contributed by atoms with Crippen LogP contribution in [0.2, 0.25) is 0 Å². The number of nitrogens with zero attached hydrogens (tertiary/aromatic N) is 3. The molecule has 1 aliphatic rings. The maximum Gasteiger partial charge on any atom is 0.249 e. The van der Waals surface area contributed by atoms with E-state index in [9.17, 15) is 4.79 Å². The first-order chi connectivity index (χ1) is 11.3. The van der Waals surface area contributed by atoms with Crippen molar-refractivity contribution < 1.29 is 9.53 Å². The molecule has 0 saturated carbocycles. The third kappa shape index (κ3) is 5.67. The molecule has 1 aromatic heterocycles. The van der Waals surface area contributed by atoms with Crippen molar-refractivity contribution in [2.45, 2.75) is 38.1 Å². The van der Waals surface area contributed by atoms with Gasteiger partial charge in [0.25, 0.3) is 0 Å². The summed E-state index contributed by atoms with van der Waals surface area (Å²) in [5.74, 6) is -0.0727.